The molecule has 1 aromatic carbocycles. The van der Waals surface area contributed by atoms with Gasteiger partial charge in [0.2, 0.25) is 5.75 Å². The van der Waals surface area contributed by atoms with Crippen LogP contribution in [0.25, 0.3) is 0 Å². The Bertz CT molecular complexity index is 386. The summed E-state index contributed by atoms with van der Waals surface area (Å²) in [6, 6.07) is 3.62. The second-order valence-electron chi connectivity index (χ2n) is 4.59. The van der Waals surface area contributed by atoms with Crippen molar-refractivity contribution in [3.05, 3.63) is 17.7 Å². The van der Waals surface area contributed by atoms with Crippen molar-refractivity contribution in [1.82, 2.24) is 0 Å². The number of aromatic hydroxyl groups is 1. The second-order valence-corrected chi connectivity index (χ2v) is 4.59. The van der Waals surface area contributed by atoms with Crippen LogP contribution in [-0.2, 0) is 5.54 Å². The van der Waals surface area contributed by atoms with Crippen molar-refractivity contribution in [3.8, 4) is 17.2 Å². The van der Waals surface area contributed by atoms with Crippen LogP contribution in [0.2, 0.25) is 0 Å². The van der Waals surface area contributed by atoms with E-state index in [2.05, 4.69) is 0 Å². The molecule has 0 radical (unpaired) electrons. The molecule has 1 aliphatic rings. The summed E-state index contributed by atoms with van der Waals surface area (Å²) in [7, 11) is 3.05. The minimum Gasteiger partial charge on any atom is -0.502 e. The predicted octanol–water partition coefficient (Wildman–Crippen LogP) is 2.14. The molecule has 2 rings (SSSR count). The molecule has 0 atom stereocenters. The fourth-order valence-electron chi connectivity index (χ4n) is 2.48. The first-order valence-electron chi connectivity index (χ1n) is 5.85. The molecule has 0 aliphatic heterocycles. The van der Waals surface area contributed by atoms with E-state index in [0.717, 1.165) is 31.2 Å². The van der Waals surface area contributed by atoms with Crippen LogP contribution < -0.4 is 15.2 Å². The lowest BCUT2D eigenvalue weighted by molar-refractivity contribution is 0.335. The first-order chi connectivity index (χ1) is 8.10. The minimum atomic E-state index is -0.311. The van der Waals surface area contributed by atoms with Gasteiger partial charge >= 0.3 is 0 Å². The van der Waals surface area contributed by atoms with Gasteiger partial charge < -0.3 is 20.3 Å². The van der Waals surface area contributed by atoms with Gasteiger partial charge in [0.05, 0.1) is 14.2 Å². The largest absolute Gasteiger partial charge is 0.502 e. The van der Waals surface area contributed by atoms with Crippen molar-refractivity contribution in [3.63, 3.8) is 0 Å². The smallest absolute Gasteiger partial charge is 0.200 e. The molecular formula is C13H19NO3. The highest BCUT2D eigenvalue weighted by atomic mass is 16.5. The van der Waals surface area contributed by atoms with Crippen LogP contribution in [0.15, 0.2) is 12.1 Å². The fourth-order valence-corrected chi connectivity index (χ4v) is 2.48. The molecule has 0 bridgehead atoms. The summed E-state index contributed by atoms with van der Waals surface area (Å²) in [6.45, 7) is 0. The van der Waals surface area contributed by atoms with Crippen molar-refractivity contribution in [1.29, 1.82) is 0 Å². The molecule has 1 saturated carbocycles. The van der Waals surface area contributed by atoms with Crippen LogP contribution in [0.1, 0.15) is 31.2 Å². The van der Waals surface area contributed by atoms with Crippen LogP contribution in [-0.4, -0.2) is 19.3 Å². The van der Waals surface area contributed by atoms with Gasteiger partial charge in [-0.15, -0.1) is 0 Å². The number of phenolic OH excluding ortho intramolecular Hbond substituents is 1. The van der Waals surface area contributed by atoms with Gasteiger partial charge in [0.1, 0.15) is 0 Å². The Kier molecular flexibility index (Phi) is 3.15. The van der Waals surface area contributed by atoms with Crippen LogP contribution >= 0.6 is 0 Å². The van der Waals surface area contributed by atoms with E-state index in [9.17, 15) is 5.11 Å². The van der Waals surface area contributed by atoms with E-state index in [0.29, 0.717) is 11.5 Å². The number of methoxy groups -OCH3 is 2. The summed E-state index contributed by atoms with van der Waals surface area (Å²) in [4.78, 5) is 0. The number of nitrogens with two attached hydrogens (primary N) is 1. The van der Waals surface area contributed by atoms with Crippen molar-refractivity contribution < 1.29 is 14.6 Å². The number of rotatable bonds is 3. The normalized spacial score (nSPS) is 18.1. The van der Waals surface area contributed by atoms with E-state index in [1.165, 1.54) is 14.2 Å². The van der Waals surface area contributed by atoms with Gasteiger partial charge in [0.15, 0.2) is 11.5 Å². The number of hydrogen-bond acceptors (Lipinski definition) is 4. The van der Waals surface area contributed by atoms with E-state index in [1.54, 1.807) is 0 Å². The Morgan fingerprint density at radius 2 is 1.59 bits per heavy atom. The van der Waals surface area contributed by atoms with E-state index in [4.69, 9.17) is 15.2 Å². The highest BCUT2D eigenvalue weighted by Crippen LogP contribution is 2.43. The van der Waals surface area contributed by atoms with E-state index < -0.39 is 0 Å². The molecule has 94 valence electrons. The van der Waals surface area contributed by atoms with Crippen LogP contribution in [0.3, 0.4) is 0 Å². The predicted molar refractivity (Wildman–Crippen MR) is 65.5 cm³/mol. The van der Waals surface area contributed by atoms with Gasteiger partial charge in [0, 0.05) is 5.54 Å². The number of ether oxygens (including phenoxy) is 2. The zero-order valence-corrected chi connectivity index (χ0v) is 10.3. The third-order valence-corrected chi connectivity index (χ3v) is 3.55. The van der Waals surface area contributed by atoms with Gasteiger partial charge in [-0.1, -0.05) is 12.8 Å². The van der Waals surface area contributed by atoms with Crippen molar-refractivity contribution in [2.75, 3.05) is 14.2 Å². The Hall–Kier alpha value is -1.42. The van der Waals surface area contributed by atoms with Crippen molar-refractivity contribution in [2.45, 2.75) is 31.2 Å². The molecule has 0 spiro atoms. The maximum absolute atomic E-state index is 9.85. The quantitative estimate of drug-likeness (QED) is 0.845. The summed E-state index contributed by atoms with van der Waals surface area (Å²) in [6.07, 6.45) is 4.21. The molecule has 1 aliphatic carbocycles. The lowest BCUT2D eigenvalue weighted by Crippen LogP contribution is -2.33. The third kappa shape index (κ3) is 2.05. The molecular weight excluding hydrogens is 218 g/mol. The molecule has 0 amide bonds. The van der Waals surface area contributed by atoms with Gasteiger partial charge in [-0.2, -0.15) is 0 Å². The molecule has 0 aromatic heterocycles. The summed E-state index contributed by atoms with van der Waals surface area (Å²) in [5.41, 5.74) is 7.05. The Labute approximate surface area is 101 Å². The summed E-state index contributed by atoms with van der Waals surface area (Å²) < 4.78 is 10.3. The number of phenols is 1. The average molecular weight is 237 g/mol. The molecule has 1 fully saturated rings. The second kappa shape index (κ2) is 4.45. The van der Waals surface area contributed by atoms with Gasteiger partial charge in [0.25, 0.3) is 0 Å². The molecule has 3 N–H and O–H groups in total. The molecule has 0 heterocycles. The van der Waals surface area contributed by atoms with Crippen LogP contribution in [0.5, 0.6) is 17.2 Å². The summed E-state index contributed by atoms with van der Waals surface area (Å²) in [5, 5.41) is 9.85. The summed E-state index contributed by atoms with van der Waals surface area (Å²) >= 11 is 0. The maximum atomic E-state index is 9.85. The topological polar surface area (TPSA) is 64.7 Å². The standard InChI is InChI=1S/C13H19NO3/c1-16-10-7-9(8-11(17-2)12(10)15)13(14)5-3-4-6-13/h7-8,15H,3-6,14H2,1-2H3. The number of hydrogen-bond donors (Lipinski definition) is 2. The Morgan fingerprint density at radius 1 is 1.12 bits per heavy atom. The zero-order chi connectivity index (χ0) is 12.5. The van der Waals surface area contributed by atoms with Crippen LogP contribution in [0, 0.1) is 0 Å². The molecule has 0 saturated heterocycles. The lowest BCUT2D eigenvalue weighted by atomic mass is 9.89. The van der Waals surface area contributed by atoms with E-state index in [1.807, 2.05) is 12.1 Å². The SMILES string of the molecule is COc1cc(C2(N)CCCC2)cc(OC)c1O. The fraction of sp³-hybridized carbons (Fsp3) is 0.538. The minimum absolute atomic E-state index is 0.0281. The van der Waals surface area contributed by atoms with Gasteiger partial charge in [-0.25, -0.2) is 0 Å². The molecule has 17 heavy (non-hydrogen) atoms. The molecule has 4 heteroatoms. The van der Waals surface area contributed by atoms with Gasteiger partial charge in [-0.3, -0.25) is 0 Å². The Balaban J connectivity index is 2.47. The lowest BCUT2D eigenvalue weighted by Gasteiger charge is -2.25. The monoisotopic (exact) mass is 237 g/mol. The van der Waals surface area contributed by atoms with Crippen molar-refractivity contribution >= 4 is 0 Å². The number of benzene rings is 1. The first-order valence-corrected chi connectivity index (χ1v) is 5.85. The third-order valence-electron chi connectivity index (χ3n) is 3.55. The van der Waals surface area contributed by atoms with E-state index >= 15 is 0 Å². The maximum Gasteiger partial charge on any atom is 0.200 e. The highest BCUT2D eigenvalue weighted by Gasteiger charge is 2.32. The molecule has 4 nitrogen and oxygen atoms in total. The average Bonchev–Trinajstić information content (AvgIpc) is 2.77. The Morgan fingerprint density at radius 3 is 2.00 bits per heavy atom. The molecule has 1 aromatic rings. The van der Waals surface area contributed by atoms with Crippen molar-refractivity contribution in [2.24, 2.45) is 5.73 Å². The van der Waals surface area contributed by atoms with E-state index in [-0.39, 0.29) is 11.3 Å². The summed E-state index contributed by atoms with van der Waals surface area (Å²) in [5.74, 6) is 0.854. The highest BCUT2D eigenvalue weighted by molar-refractivity contribution is 5.54. The zero-order valence-electron chi connectivity index (χ0n) is 10.3. The first kappa shape index (κ1) is 12.0. The molecule has 0 unspecified atom stereocenters. The van der Waals surface area contributed by atoms with Gasteiger partial charge in [-0.05, 0) is 30.5 Å². The van der Waals surface area contributed by atoms with Crippen LogP contribution in [0.4, 0.5) is 0 Å².